The van der Waals surface area contributed by atoms with Crippen LogP contribution in [0.25, 0.3) is 0 Å². The second kappa shape index (κ2) is 12.0. The number of hydrogen-bond acceptors (Lipinski definition) is 7. The van der Waals surface area contributed by atoms with E-state index in [9.17, 15) is 39.0 Å². The third-order valence-corrected chi connectivity index (χ3v) is 5.37. The number of carbonyl (C=O) groups is 6. The lowest BCUT2D eigenvalue weighted by atomic mass is 9.97. The Morgan fingerprint density at radius 1 is 1.06 bits per heavy atom. The van der Waals surface area contributed by atoms with Gasteiger partial charge in [-0.1, -0.05) is 20.3 Å². The predicted molar refractivity (Wildman–Crippen MR) is 110 cm³/mol. The van der Waals surface area contributed by atoms with Crippen LogP contribution in [-0.4, -0.2) is 81.4 Å². The molecule has 0 bridgehead atoms. The molecular formula is C19H31N5O8. The Balaban J connectivity index is 3.04. The number of likely N-dealkylation sites (tertiary alicyclic amines) is 1. The highest BCUT2D eigenvalue weighted by Crippen LogP contribution is 2.19. The molecule has 0 aromatic heterocycles. The molecule has 0 spiro atoms. The average molecular weight is 457 g/mol. The summed E-state index contributed by atoms with van der Waals surface area (Å²) < 4.78 is 0. The number of rotatable bonds is 12. The van der Waals surface area contributed by atoms with Gasteiger partial charge in [0.25, 0.3) is 0 Å². The van der Waals surface area contributed by atoms with E-state index in [0.717, 1.165) is 4.90 Å². The van der Waals surface area contributed by atoms with E-state index in [1.807, 2.05) is 0 Å². The molecular weight excluding hydrogens is 426 g/mol. The zero-order valence-electron chi connectivity index (χ0n) is 18.1. The van der Waals surface area contributed by atoms with Crippen molar-refractivity contribution in [3.8, 4) is 0 Å². The third kappa shape index (κ3) is 7.48. The van der Waals surface area contributed by atoms with E-state index < -0.39 is 78.5 Å². The van der Waals surface area contributed by atoms with Gasteiger partial charge >= 0.3 is 11.9 Å². The number of nitrogens with zero attached hydrogens (tertiary/aromatic N) is 1. The molecule has 5 atom stereocenters. The minimum atomic E-state index is -1.53. The maximum Gasteiger partial charge on any atom is 0.326 e. The standard InChI is InChI=1S/C19H31N5O8/c1-3-9(2)15(23-16(28)10(20)7-13(21)25)17(29)22-11(8-14(26)27)18(30)24-6-4-5-12(24)19(31)32/h9-12,15H,3-8,20H2,1-2H3,(H2,21,25)(H,22,29)(H,23,28)(H,26,27)(H,31,32). The SMILES string of the molecule is CCC(C)C(NC(=O)C(N)CC(N)=O)C(=O)NC(CC(=O)O)C(=O)N1CCCC1C(=O)O. The summed E-state index contributed by atoms with van der Waals surface area (Å²) in [4.78, 5) is 72.8. The number of carboxylic acid groups (broad SMARTS) is 2. The fourth-order valence-electron chi connectivity index (χ4n) is 3.40. The molecule has 32 heavy (non-hydrogen) atoms. The summed E-state index contributed by atoms with van der Waals surface area (Å²) in [5.74, 6) is -6.29. The summed E-state index contributed by atoms with van der Waals surface area (Å²) in [5, 5.41) is 23.2. The molecule has 1 saturated heterocycles. The van der Waals surface area contributed by atoms with Crippen molar-refractivity contribution < 1.29 is 39.0 Å². The van der Waals surface area contributed by atoms with Gasteiger partial charge in [0.05, 0.1) is 18.9 Å². The van der Waals surface area contributed by atoms with Crippen molar-refractivity contribution in [3.63, 3.8) is 0 Å². The molecule has 1 fully saturated rings. The third-order valence-electron chi connectivity index (χ3n) is 5.37. The minimum Gasteiger partial charge on any atom is -0.481 e. The van der Waals surface area contributed by atoms with Gasteiger partial charge in [0.1, 0.15) is 18.1 Å². The Kier molecular flexibility index (Phi) is 10.0. The van der Waals surface area contributed by atoms with Gasteiger partial charge in [-0.3, -0.25) is 24.0 Å². The molecule has 5 unspecified atom stereocenters. The molecule has 0 saturated carbocycles. The zero-order chi connectivity index (χ0) is 24.6. The molecule has 13 heteroatoms. The van der Waals surface area contributed by atoms with Crippen molar-refractivity contribution in [3.05, 3.63) is 0 Å². The first-order valence-electron chi connectivity index (χ1n) is 10.3. The van der Waals surface area contributed by atoms with E-state index in [1.165, 1.54) is 0 Å². The summed E-state index contributed by atoms with van der Waals surface area (Å²) >= 11 is 0. The quantitative estimate of drug-likeness (QED) is 0.186. The fourth-order valence-corrected chi connectivity index (χ4v) is 3.40. The van der Waals surface area contributed by atoms with Crippen LogP contribution >= 0.6 is 0 Å². The number of carboxylic acids is 2. The lowest BCUT2D eigenvalue weighted by Gasteiger charge is -2.29. The average Bonchev–Trinajstić information content (AvgIpc) is 3.19. The minimum absolute atomic E-state index is 0.120. The van der Waals surface area contributed by atoms with E-state index in [1.54, 1.807) is 13.8 Å². The zero-order valence-corrected chi connectivity index (χ0v) is 18.1. The van der Waals surface area contributed by atoms with Crippen LogP contribution in [-0.2, 0) is 28.8 Å². The Bertz CT molecular complexity index is 758. The number of hydrogen-bond donors (Lipinski definition) is 6. The van der Waals surface area contributed by atoms with Crippen molar-refractivity contribution in [1.82, 2.24) is 15.5 Å². The molecule has 0 radical (unpaired) electrons. The molecule has 1 aliphatic heterocycles. The monoisotopic (exact) mass is 457 g/mol. The highest BCUT2D eigenvalue weighted by molar-refractivity contribution is 5.96. The summed E-state index contributed by atoms with van der Waals surface area (Å²) in [5.41, 5.74) is 10.6. The molecule has 1 rings (SSSR count). The highest BCUT2D eigenvalue weighted by Gasteiger charge is 2.39. The normalized spacial score (nSPS) is 19.3. The van der Waals surface area contributed by atoms with Crippen LogP contribution in [0.3, 0.4) is 0 Å². The Morgan fingerprint density at radius 2 is 1.69 bits per heavy atom. The van der Waals surface area contributed by atoms with Gasteiger partial charge in [0.15, 0.2) is 0 Å². The van der Waals surface area contributed by atoms with Crippen molar-refractivity contribution in [2.75, 3.05) is 6.54 Å². The van der Waals surface area contributed by atoms with Gasteiger partial charge in [-0.25, -0.2) is 4.79 Å². The number of primary amides is 1. The van der Waals surface area contributed by atoms with Crippen molar-refractivity contribution in [1.29, 1.82) is 0 Å². The lowest BCUT2D eigenvalue weighted by Crippen LogP contribution is -2.59. The van der Waals surface area contributed by atoms with Crippen LogP contribution in [0, 0.1) is 5.92 Å². The summed E-state index contributed by atoms with van der Waals surface area (Å²) in [6, 6.07) is -5.09. The first-order chi connectivity index (χ1) is 14.9. The molecule has 13 nitrogen and oxygen atoms in total. The van der Waals surface area contributed by atoms with Crippen LogP contribution in [0.15, 0.2) is 0 Å². The van der Waals surface area contributed by atoms with Gasteiger partial charge in [0, 0.05) is 6.54 Å². The van der Waals surface area contributed by atoms with E-state index in [4.69, 9.17) is 11.5 Å². The number of carbonyl (C=O) groups excluding carboxylic acids is 4. The van der Waals surface area contributed by atoms with Crippen LogP contribution in [0.4, 0.5) is 0 Å². The number of amides is 4. The van der Waals surface area contributed by atoms with Crippen molar-refractivity contribution in [2.24, 2.45) is 17.4 Å². The molecule has 1 heterocycles. The fraction of sp³-hybridized carbons (Fsp3) is 0.684. The first kappa shape index (κ1) is 26.8. The number of aliphatic carboxylic acids is 2. The van der Waals surface area contributed by atoms with Gasteiger partial charge < -0.3 is 37.2 Å². The Morgan fingerprint density at radius 3 is 2.19 bits per heavy atom. The molecule has 0 aromatic carbocycles. The summed E-state index contributed by atoms with van der Waals surface area (Å²) in [7, 11) is 0. The van der Waals surface area contributed by atoms with Crippen LogP contribution in [0.2, 0.25) is 0 Å². The van der Waals surface area contributed by atoms with E-state index in [2.05, 4.69) is 10.6 Å². The maximum absolute atomic E-state index is 12.9. The summed E-state index contributed by atoms with van der Waals surface area (Å²) in [6.07, 6.45) is -0.117. The van der Waals surface area contributed by atoms with Crippen molar-refractivity contribution >= 4 is 35.6 Å². The summed E-state index contributed by atoms with van der Waals surface area (Å²) in [6.45, 7) is 3.52. The second-order valence-corrected chi connectivity index (χ2v) is 7.84. The lowest BCUT2D eigenvalue weighted by molar-refractivity contribution is -0.150. The van der Waals surface area contributed by atoms with Gasteiger partial charge in [0.2, 0.25) is 23.6 Å². The molecule has 1 aliphatic rings. The van der Waals surface area contributed by atoms with E-state index in [0.29, 0.717) is 12.8 Å². The molecule has 180 valence electrons. The van der Waals surface area contributed by atoms with Crippen LogP contribution in [0.5, 0.6) is 0 Å². The highest BCUT2D eigenvalue weighted by atomic mass is 16.4. The molecule has 0 aromatic rings. The predicted octanol–water partition coefficient (Wildman–Crippen LogP) is -2.24. The number of nitrogens with one attached hydrogen (secondary N) is 2. The van der Waals surface area contributed by atoms with Gasteiger partial charge in [-0.2, -0.15) is 0 Å². The maximum atomic E-state index is 12.9. The number of nitrogens with two attached hydrogens (primary N) is 2. The van der Waals surface area contributed by atoms with Gasteiger partial charge in [-0.15, -0.1) is 0 Å². The Labute approximate surface area is 184 Å². The largest absolute Gasteiger partial charge is 0.481 e. The Hall–Kier alpha value is -3.22. The first-order valence-corrected chi connectivity index (χ1v) is 10.3. The smallest absolute Gasteiger partial charge is 0.326 e. The topological polar surface area (TPSA) is 222 Å². The van der Waals surface area contributed by atoms with Crippen LogP contribution < -0.4 is 22.1 Å². The molecule has 8 N–H and O–H groups in total. The van der Waals surface area contributed by atoms with Crippen molar-refractivity contribution in [2.45, 2.75) is 70.1 Å². The van der Waals surface area contributed by atoms with E-state index in [-0.39, 0.29) is 13.0 Å². The van der Waals surface area contributed by atoms with E-state index >= 15 is 0 Å². The van der Waals surface area contributed by atoms with Crippen LogP contribution in [0.1, 0.15) is 46.0 Å². The van der Waals surface area contributed by atoms with Gasteiger partial charge in [-0.05, 0) is 18.8 Å². The molecule has 4 amide bonds. The molecule has 0 aliphatic carbocycles. The second-order valence-electron chi connectivity index (χ2n) is 7.84.